The van der Waals surface area contributed by atoms with Crippen LogP contribution in [0.5, 0.6) is 0 Å². The van der Waals surface area contributed by atoms with Gasteiger partial charge in [-0.1, -0.05) is 40.9 Å². The number of hydrogen-bond donors (Lipinski definition) is 0. The average molecular weight is 486 g/mol. The summed E-state index contributed by atoms with van der Waals surface area (Å²) in [5.41, 5.74) is 0.605. The molecular weight excluding hydrogens is 471 g/mol. The number of benzene rings is 2. The minimum absolute atomic E-state index is 0.228. The zero-order valence-electron chi connectivity index (χ0n) is 15.2. The second-order valence-corrected chi connectivity index (χ2v) is 10.8. The fraction of sp³-hybridized carbons (Fsp3) is 0.0952. The fourth-order valence-electron chi connectivity index (χ4n) is 2.62. The fourth-order valence-corrected chi connectivity index (χ4v) is 5.72. The standard InChI is InChI=1S/C21H15Cl3O3S2/c1-13-2-9-18(28-13)11-20(21(25)14-3-6-16(22)7-4-14)29(26,27)12-15-5-8-17(23)10-19(15)24/h2-11H,12H2,1H3/b20-11-. The number of sulfone groups is 1. The lowest BCUT2D eigenvalue weighted by Gasteiger charge is -2.10. The van der Waals surface area contributed by atoms with Gasteiger partial charge in [-0.3, -0.25) is 4.79 Å². The van der Waals surface area contributed by atoms with E-state index in [2.05, 4.69) is 0 Å². The van der Waals surface area contributed by atoms with Crippen LogP contribution in [0.4, 0.5) is 0 Å². The first-order valence-corrected chi connectivity index (χ1v) is 12.0. The van der Waals surface area contributed by atoms with E-state index in [9.17, 15) is 13.2 Å². The molecule has 29 heavy (non-hydrogen) atoms. The predicted molar refractivity (Wildman–Crippen MR) is 122 cm³/mol. The molecule has 0 N–H and O–H groups in total. The molecule has 0 bridgehead atoms. The Hall–Kier alpha value is -1.63. The van der Waals surface area contributed by atoms with Crippen LogP contribution < -0.4 is 0 Å². The Bertz CT molecular complexity index is 1190. The molecule has 0 amide bonds. The van der Waals surface area contributed by atoms with Crippen molar-refractivity contribution in [2.24, 2.45) is 0 Å². The number of rotatable bonds is 6. The molecule has 0 unspecified atom stereocenters. The number of Topliss-reactive ketones (excluding diaryl/α,β-unsaturated/α-hetero) is 1. The van der Waals surface area contributed by atoms with E-state index in [1.807, 2.05) is 13.0 Å². The van der Waals surface area contributed by atoms with Gasteiger partial charge in [-0.05, 0) is 67.1 Å². The molecule has 3 aromatic rings. The van der Waals surface area contributed by atoms with E-state index in [0.29, 0.717) is 20.5 Å². The van der Waals surface area contributed by atoms with Crippen molar-refractivity contribution in [1.82, 2.24) is 0 Å². The molecule has 0 fully saturated rings. The SMILES string of the molecule is Cc1ccc(/C=C(/C(=O)c2ccc(Cl)cc2)S(=O)(=O)Cc2ccc(Cl)cc2Cl)s1. The van der Waals surface area contributed by atoms with Crippen LogP contribution in [0.3, 0.4) is 0 Å². The highest BCUT2D eigenvalue weighted by molar-refractivity contribution is 7.95. The molecule has 0 radical (unpaired) electrons. The molecule has 1 heterocycles. The molecule has 3 nitrogen and oxygen atoms in total. The summed E-state index contributed by atoms with van der Waals surface area (Å²) in [6.45, 7) is 1.91. The first-order chi connectivity index (χ1) is 13.7. The van der Waals surface area contributed by atoms with Crippen LogP contribution >= 0.6 is 46.1 Å². The molecule has 0 atom stereocenters. The number of aryl methyl sites for hydroxylation is 1. The summed E-state index contributed by atoms with van der Waals surface area (Å²) in [6, 6.07) is 14.3. The molecule has 0 aliphatic carbocycles. The van der Waals surface area contributed by atoms with E-state index in [0.717, 1.165) is 4.88 Å². The summed E-state index contributed by atoms with van der Waals surface area (Å²) in [7, 11) is -4.00. The van der Waals surface area contributed by atoms with E-state index in [-0.39, 0.29) is 15.5 Å². The molecule has 8 heteroatoms. The third kappa shape index (κ3) is 5.50. The van der Waals surface area contributed by atoms with Crippen molar-refractivity contribution in [3.05, 3.63) is 95.5 Å². The molecule has 0 saturated carbocycles. The Kier molecular flexibility index (Phi) is 6.87. The molecule has 2 aromatic carbocycles. The third-order valence-corrected chi connectivity index (χ3v) is 7.51. The Labute approximate surface area is 188 Å². The van der Waals surface area contributed by atoms with Gasteiger partial charge in [-0.2, -0.15) is 0 Å². The number of ketones is 1. The number of thiophene rings is 1. The molecule has 0 aliphatic rings. The van der Waals surface area contributed by atoms with Crippen molar-refractivity contribution in [2.75, 3.05) is 0 Å². The summed E-state index contributed by atoms with van der Waals surface area (Å²) < 4.78 is 26.5. The zero-order valence-corrected chi connectivity index (χ0v) is 19.1. The number of carbonyl (C=O) groups excluding carboxylic acids is 1. The number of hydrogen-bond acceptors (Lipinski definition) is 4. The van der Waals surface area contributed by atoms with Gasteiger partial charge in [0.05, 0.1) is 5.75 Å². The van der Waals surface area contributed by atoms with Crippen LogP contribution in [0, 0.1) is 6.92 Å². The van der Waals surface area contributed by atoms with Gasteiger partial charge in [0, 0.05) is 30.4 Å². The summed E-state index contributed by atoms with van der Waals surface area (Å²) >= 11 is 19.3. The van der Waals surface area contributed by atoms with E-state index in [4.69, 9.17) is 34.8 Å². The second-order valence-electron chi connectivity index (χ2n) is 6.29. The molecule has 0 aliphatic heterocycles. The van der Waals surface area contributed by atoms with Crippen molar-refractivity contribution >= 4 is 67.8 Å². The minimum Gasteiger partial charge on any atom is -0.288 e. The zero-order chi connectivity index (χ0) is 21.2. The summed E-state index contributed by atoms with van der Waals surface area (Å²) in [4.78, 5) is 14.5. The van der Waals surface area contributed by atoms with Gasteiger partial charge < -0.3 is 0 Å². The first kappa shape index (κ1) is 22.1. The van der Waals surface area contributed by atoms with Gasteiger partial charge >= 0.3 is 0 Å². The van der Waals surface area contributed by atoms with Crippen LogP contribution in [0.1, 0.15) is 25.7 Å². The van der Waals surface area contributed by atoms with Gasteiger partial charge in [0.1, 0.15) is 4.91 Å². The highest BCUT2D eigenvalue weighted by Gasteiger charge is 2.27. The summed E-state index contributed by atoms with van der Waals surface area (Å²) in [6.07, 6.45) is 1.41. The molecule has 150 valence electrons. The van der Waals surface area contributed by atoms with Gasteiger partial charge in [0.2, 0.25) is 5.78 Å². The van der Waals surface area contributed by atoms with Crippen LogP contribution in [0.25, 0.3) is 6.08 Å². The van der Waals surface area contributed by atoms with Crippen molar-refractivity contribution in [3.8, 4) is 0 Å². The Balaban J connectivity index is 2.07. The smallest absolute Gasteiger partial charge is 0.204 e. The maximum Gasteiger partial charge on any atom is 0.204 e. The van der Waals surface area contributed by atoms with E-state index < -0.39 is 21.4 Å². The van der Waals surface area contributed by atoms with Gasteiger partial charge in [-0.15, -0.1) is 11.3 Å². The molecule has 3 rings (SSSR count). The van der Waals surface area contributed by atoms with Gasteiger partial charge in [0.15, 0.2) is 9.84 Å². The number of carbonyl (C=O) groups is 1. The highest BCUT2D eigenvalue weighted by Crippen LogP contribution is 2.29. The van der Waals surface area contributed by atoms with Crippen LogP contribution in [0.15, 0.2) is 59.5 Å². The minimum atomic E-state index is -4.00. The Morgan fingerprint density at radius 1 is 0.966 bits per heavy atom. The Morgan fingerprint density at radius 2 is 1.62 bits per heavy atom. The maximum absolute atomic E-state index is 13.2. The number of halogens is 3. The van der Waals surface area contributed by atoms with Crippen molar-refractivity contribution < 1.29 is 13.2 Å². The number of allylic oxidation sites excluding steroid dienone is 1. The van der Waals surface area contributed by atoms with Crippen LogP contribution in [0.2, 0.25) is 15.1 Å². The normalized spacial score (nSPS) is 12.2. The average Bonchev–Trinajstić information content (AvgIpc) is 3.07. The second kappa shape index (κ2) is 9.02. The quantitative estimate of drug-likeness (QED) is 0.283. The third-order valence-electron chi connectivity index (χ3n) is 4.06. The van der Waals surface area contributed by atoms with Crippen molar-refractivity contribution in [3.63, 3.8) is 0 Å². The molecule has 0 saturated heterocycles. The van der Waals surface area contributed by atoms with Crippen LogP contribution in [-0.4, -0.2) is 14.2 Å². The Morgan fingerprint density at radius 3 is 2.21 bits per heavy atom. The molecule has 1 aromatic heterocycles. The first-order valence-electron chi connectivity index (χ1n) is 8.41. The van der Waals surface area contributed by atoms with Gasteiger partial charge in [0.25, 0.3) is 0 Å². The highest BCUT2D eigenvalue weighted by atomic mass is 35.5. The molecule has 0 spiro atoms. The van der Waals surface area contributed by atoms with Crippen LogP contribution in [-0.2, 0) is 15.6 Å². The van der Waals surface area contributed by atoms with E-state index in [1.165, 1.54) is 35.6 Å². The summed E-state index contributed by atoms with van der Waals surface area (Å²) in [5.74, 6) is -1.02. The largest absolute Gasteiger partial charge is 0.288 e. The molecular formula is C21H15Cl3O3S2. The monoisotopic (exact) mass is 484 g/mol. The maximum atomic E-state index is 13.2. The lowest BCUT2D eigenvalue weighted by Crippen LogP contribution is -2.16. The lowest BCUT2D eigenvalue weighted by atomic mass is 10.1. The van der Waals surface area contributed by atoms with Gasteiger partial charge in [-0.25, -0.2) is 8.42 Å². The topological polar surface area (TPSA) is 51.2 Å². The lowest BCUT2D eigenvalue weighted by molar-refractivity contribution is 0.104. The van der Waals surface area contributed by atoms with Crippen molar-refractivity contribution in [2.45, 2.75) is 12.7 Å². The van der Waals surface area contributed by atoms with E-state index in [1.54, 1.807) is 30.3 Å². The van der Waals surface area contributed by atoms with E-state index >= 15 is 0 Å². The predicted octanol–water partition coefficient (Wildman–Crippen LogP) is 6.86. The summed E-state index contributed by atoms with van der Waals surface area (Å²) in [5, 5.41) is 1.08. The van der Waals surface area contributed by atoms with Crippen molar-refractivity contribution in [1.29, 1.82) is 0 Å².